The van der Waals surface area contributed by atoms with Crippen LogP contribution in [0.5, 0.6) is 0 Å². The lowest BCUT2D eigenvalue weighted by Crippen LogP contribution is -2.30. The van der Waals surface area contributed by atoms with E-state index in [0.29, 0.717) is 6.42 Å². The van der Waals surface area contributed by atoms with Crippen LogP contribution in [0.3, 0.4) is 0 Å². The van der Waals surface area contributed by atoms with Crippen molar-refractivity contribution >= 4 is 23.9 Å². The van der Waals surface area contributed by atoms with Crippen molar-refractivity contribution in [2.75, 3.05) is 28.4 Å². The fraction of sp³-hybridized carbons (Fsp3) is 0.778. The lowest BCUT2D eigenvalue weighted by atomic mass is 9.82. The van der Waals surface area contributed by atoms with Gasteiger partial charge in [0.05, 0.1) is 52.1 Å². The number of esters is 4. The maximum atomic E-state index is 12.2. The highest BCUT2D eigenvalue weighted by molar-refractivity contribution is 5.78. The second-order valence-electron chi connectivity index (χ2n) is 6.20. The van der Waals surface area contributed by atoms with E-state index in [9.17, 15) is 19.2 Å². The minimum Gasteiger partial charge on any atom is -0.469 e. The Bertz CT molecular complexity index is 488. The van der Waals surface area contributed by atoms with Gasteiger partial charge in [0.1, 0.15) is 0 Å². The second kappa shape index (κ2) is 12.3. The zero-order valence-corrected chi connectivity index (χ0v) is 16.4. The fourth-order valence-electron chi connectivity index (χ4n) is 2.92. The Morgan fingerprint density at radius 1 is 0.615 bits per heavy atom. The van der Waals surface area contributed by atoms with E-state index in [-0.39, 0.29) is 19.3 Å². The average molecular weight is 374 g/mol. The predicted octanol–water partition coefficient (Wildman–Crippen LogP) is 1.74. The smallest absolute Gasteiger partial charge is 0.308 e. The van der Waals surface area contributed by atoms with E-state index in [0.717, 1.165) is 0 Å². The van der Waals surface area contributed by atoms with E-state index in [1.807, 2.05) is 6.92 Å². The highest BCUT2D eigenvalue weighted by atomic mass is 16.5. The minimum atomic E-state index is -0.701. The van der Waals surface area contributed by atoms with Crippen LogP contribution in [0.25, 0.3) is 0 Å². The molecule has 0 aromatic carbocycles. The fourth-order valence-corrected chi connectivity index (χ4v) is 2.92. The molecule has 0 aliphatic heterocycles. The molecule has 0 radical (unpaired) electrons. The molecule has 0 fully saturated rings. The Balaban J connectivity index is 5.36. The third kappa shape index (κ3) is 7.41. The first-order valence-electron chi connectivity index (χ1n) is 8.56. The summed E-state index contributed by atoms with van der Waals surface area (Å²) < 4.78 is 19.1. The molecule has 150 valence electrons. The molecule has 0 saturated carbocycles. The molecule has 0 aliphatic carbocycles. The molecule has 0 saturated heterocycles. The van der Waals surface area contributed by atoms with Crippen LogP contribution in [0.15, 0.2) is 0 Å². The monoisotopic (exact) mass is 374 g/mol. The van der Waals surface area contributed by atoms with Gasteiger partial charge in [0.2, 0.25) is 0 Å². The topological polar surface area (TPSA) is 105 Å². The Labute approximate surface area is 154 Å². The summed E-state index contributed by atoms with van der Waals surface area (Å²) in [6.45, 7) is 3.45. The first kappa shape index (κ1) is 23.9. The van der Waals surface area contributed by atoms with Crippen LogP contribution in [0.2, 0.25) is 0 Å². The van der Waals surface area contributed by atoms with Gasteiger partial charge in [-0.2, -0.15) is 0 Å². The third-order valence-electron chi connectivity index (χ3n) is 4.48. The highest BCUT2D eigenvalue weighted by Crippen LogP contribution is 2.28. The summed E-state index contributed by atoms with van der Waals surface area (Å²) >= 11 is 0. The first-order chi connectivity index (χ1) is 12.2. The molecular formula is C18H30O8. The van der Waals surface area contributed by atoms with Gasteiger partial charge in [-0.3, -0.25) is 19.2 Å². The standard InChI is InChI=1S/C18H30O8/c1-7-12(16(20)24-4)9-14(18(22)26-6)10-13(17(21)25-5)8-11(2)15(19)23-3/h11-14H,7-10H2,1-6H3. The van der Waals surface area contributed by atoms with Gasteiger partial charge in [-0.25, -0.2) is 0 Å². The molecular weight excluding hydrogens is 344 g/mol. The summed E-state index contributed by atoms with van der Waals surface area (Å²) in [5, 5.41) is 0. The van der Waals surface area contributed by atoms with E-state index in [2.05, 4.69) is 4.74 Å². The van der Waals surface area contributed by atoms with Gasteiger partial charge in [0.25, 0.3) is 0 Å². The van der Waals surface area contributed by atoms with Gasteiger partial charge in [-0.05, 0) is 25.7 Å². The summed E-state index contributed by atoms with van der Waals surface area (Å²) in [6.07, 6.45) is 0.952. The molecule has 0 amide bonds. The molecule has 8 nitrogen and oxygen atoms in total. The Morgan fingerprint density at radius 3 is 1.35 bits per heavy atom. The van der Waals surface area contributed by atoms with E-state index >= 15 is 0 Å². The number of carbonyl (C=O) groups excluding carboxylic acids is 4. The Kier molecular flexibility index (Phi) is 11.3. The number of ether oxygens (including phenoxy) is 4. The van der Waals surface area contributed by atoms with Crippen LogP contribution in [-0.4, -0.2) is 52.3 Å². The average Bonchev–Trinajstić information content (AvgIpc) is 2.67. The molecule has 8 heteroatoms. The number of hydrogen-bond donors (Lipinski definition) is 0. The van der Waals surface area contributed by atoms with Crippen molar-refractivity contribution in [3.8, 4) is 0 Å². The predicted molar refractivity (Wildman–Crippen MR) is 91.8 cm³/mol. The Morgan fingerprint density at radius 2 is 0.962 bits per heavy atom. The summed E-state index contributed by atoms with van der Waals surface area (Å²) in [5.74, 6) is -4.34. The normalized spacial score (nSPS) is 15.2. The molecule has 0 aromatic heterocycles. The number of hydrogen-bond acceptors (Lipinski definition) is 8. The van der Waals surface area contributed by atoms with Crippen molar-refractivity contribution in [3.05, 3.63) is 0 Å². The molecule has 0 aromatic rings. The maximum Gasteiger partial charge on any atom is 0.308 e. The molecule has 4 unspecified atom stereocenters. The summed E-state index contributed by atoms with van der Waals surface area (Å²) in [5.41, 5.74) is 0. The molecule has 0 bridgehead atoms. The van der Waals surface area contributed by atoms with Crippen molar-refractivity contribution in [1.82, 2.24) is 0 Å². The number of carbonyl (C=O) groups is 4. The van der Waals surface area contributed by atoms with Crippen LogP contribution in [-0.2, 0) is 38.1 Å². The summed E-state index contributed by atoms with van der Waals surface area (Å²) in [4.78, 5) is 47.8. The highest BCUT2D eigenvalue weighted by Gasteiger charge is 2.34. The molecule has 4 atom stereocenters. The zero-order chi connectivity index (χ0) is 20.3. The summed E-state index contributed by atoms with van der Waals surface area (Å²) in [7, 11) is 5.05. The van der Waals surface area contributed by atoms with Crippen molar-refractivity contribution in [2.45, 2.75) is 39.5 Å². The third-order valence-corrected chi connectivity index (χ3v) is 4.48. The molecule has 0 heterocycles. The SMILES string of the molecule is CCC(CC(CC(CC(C)C(=O)OC)C(=O)OC)C(=O)OC)C(=O)OC. The lowest BCUT2D eigenvalue weighted by Gasteiger charge is -2.24. The van der Waals surface area contributed by atoms with Gasteiger partial charge < -0.3 is 18.9 Å². The van der Waals surface area contributed by atoms with Crippen LogP contribution in [0.1, 0.15) is 39.5 Å². The maximum absolute atomic E-state index is 12.2. The molecule has 0 N–H and O–H groups in total. The van der Waals surface area contributed by atoms with Crippen LogP contribution in [0, 0.1) is 23.7 Å². The van der Waals surface area contributed by atoms with Gasteiger partial charge in [0.15, 0.2) is 0 Å². The molecule has 0 spiro atoms. The lowest BCUT2D eigenvalue weighted by molar-refractivity contribution is -0.152. The molecule has 26 heavy (non-hydrogen) atoms. The van der Waals surface area contributed by atoms with Gasteiger partial charge >= 0.3 is 23.9 Å². The molecule has 0 rings (SSSR count). The van der Waals surface area contributed by atoms with Crippen LogP contribution >= 0.6 is 0 Å². The minimum absolute atomic E-state index is 0.105. The van der Waals surface area contributed by atoms with Gasteiger partial charge in [-0.15, -0.1) is 0 Å². The van der Waals surface area contributed by atoms with Crippen LogP contribution in [0.4, 0.5) is 0 Å². The zero-order valence-electron chi connectivity index (χ0n) is 16.4. The quantitative estimate of drug-likeness (QED) is 0.398. The van der Waals surface area contributed by atoms with Crippen molar-refractivity contribution in [3.63, 3.8) is 0 Å². The van der Waals surface area contributed by atoms with E-state index in [1.165, 1.54) is 28.4 Å². The first-order valence-corrected chi connectivity index (χ1v) is 8.56. The molecule has 0 aliphatic rings. The van der Waals surface area contributed by atoms with Crippen LogP contribution < -0.4 is 0 Å². The van der Waals surface area contributed by atoms with Gasteiger partial charge in [-0.1, -0.05) is 13.8 Å². The van der Waals surface area contributed by atoms with E-state index < -0.39 is 47.5 Å². The van der Waals surface area contributed by atoms with E-state index in [1.54, 1.807) is 6.92 Å². The number of methoxy groups -OCH3 is 4. The number of rotatable bonds is 11. The van der Waals surface area contributed by atoms with Crippen molar-refractivity contribution in [2.24, 2.45) is 23.7 Å². The van der Waals surface area contributed by atoms with Gasteiger partial charge in [0, 0.05) is 0 Å². The van der Waals surface area contributed by atoms with E-state index in [4.69, 9.17) is 14.2 Å². The van der Waals surface area contributed by atoms with Crippen molar-refractivity contribution in [1.29, 1.82) is 0 Å². The second-order valence-corrected chi connectivity index (χ2v) is 6.20. The Hall–Kier alpha value is -2.12. The largest absolute Gasteiger partial charge is 0.469 e. The van der Waals surface area contributed by atoms with Crippen molar-refractivity contribution < 1.29 is 38.1 Å². The summed E-state index contributed by atoms with van der Waals surface area (Å²) in [6, 6.07) is 0.